The van der Waals surface area contributed by atoms with Crippen molar-refractivity contribution >= 4 is 40.0 Å². The highest BCUT2D eigenvalue weighted by atomic mass is 35.5. The van der Waals surface area contributed by atoms with Gasteiger partial charge < -0.3 is 0 Å². The molecule has 0 aliphatic heterocycles. The highest BCUT2D eigenvalue weighted by molar-refractivity contribution is 6.42. The van der Waals surface area contributed by atoms with E-state index in [1.165, 1.54) is 42.5 Å². The van der Waals surface area contributed by atoms with Crippen LogP contribution >= 0.6 is 23.2 Å². The quantitative estimate of drug-likeness (QED) is 0.505. The Morgan fingerprint density at radius 1 is 0.966 bits per heavy atom. The van der Waals surface area contributed by atoms with Crippen molar-refractivity contribution in [2.24, 2.45) is 0 Å². The van der Waals surface area contributed by atoms with Gasteiger partial charge >= 0.3 is 0 Å². The van der Waals surface area contributed by atoms with Crippen molar-refractivity contribution in [1.29, 1.82) is 0 Å². The number of nitrogens with zero attached hydrogens (tertiary/aromatic N) is 2. The average Bonchev–Trinajstić information content (AvgIpc) is 2.72. The fourth-order valence-electron chi connectivity index (χ4n) is 2.83. The van der Waals surface area contributed by atoms with Crippen LogP contribution in [0.2, 0.25) is 10.0 Å². The van der Waals surface area contributed by atoms with Crippen molar-refractivity contribution in [1.82, 2.24) is 9.66 Å². The Labute approximate surface area is 174 Å². The van der Waals surface area contributed by atoms with Crippen LogP contribution in [0.25, 0.3) is 22.3 Å². The Hall–Kier alpha value is -3.22. The van der Waals surface area contributed by atoms with Crippen molar-refractivity contribution in [3.05, 3.63) is 98.5 Å². The third-order valence-electron chi connectivity index (χ3n) is 4.27. The molecule has 0 spiro atoms. The number of halogens is 3. The van der Waals surface area contributed by atoms with Crippen molar-refractivity contribution in [3.8, 4) is 11.4 Å². The molecule has 1 N–H and O–H groups in total. The number of rotatable bonds is 3. The van der Waals surface area contributed by atoms with Gasteiger partial charge in [-0.3, -0.25) is 15.0 Å². The highest BCUT2D eigenvalue weighted by Crippen LogP contribution is 2.23. The first-order chi connectivity index (χ1) is 13.9. The zero-order valence-electron chi connectivity index (χ0n) is 14.7. The van der Waals surface area contributed by atoms with Crippen LogP contribution in [0.3, 0.4) is 0 Å². The van der Waals surface area contributed by atoms with Crippen molar-refractivity contribution in [2.45, 2.75) is 0 Å². The number of aromatic nitrogens is 2. The van der Waals surface area contributed by atoms with Gasteiger partial charge in [-0.25, -0.2) is 9.37 Å². The van der Waals surface area contributed by atoms with Crippen LogP contribution in [0.4, 0.5) is 4.39 Å². The number of para-hydroxylation sites is 1. The summed E-state index contributed by atoms with van der Waals surface area (Å²) in [4.78, 5) is 30.3. The molecule has 0 fully saturated rings. The summed E-state index contributed by atoms with van der Waals surface area (Å²) in [5.41, 5.74) is 3.21. The lowest BCUT2D eigenvalue weighted by Crippen LogP contribution is -2.35. The molecule has 0 saturated heterocycles. The van der Waals surface area contributed by atoms with Gasteiger partial charge in [-0.1, -0.05) is 35.3 Å². The van der Waals surface area contributed by atoms with E-state index in [9.17, 15) is 14.0 Å². The van der Waals surface area contributed by atoms with E-state index in [0.717, 1.165) is 4.68 Å². The summed E-state index contributed by atoms with van der Waals surface area (Å²) in [5.74, 6) is -0.837. The molecule has 0 atom stereocenters. The van der Waals surface area contributed by atoms with E-state index < -0.39 is 17.3 Å². The van der Waals surface area contributed by atoms with E-state index >= 15 is 0 Å². The third-order valence-corrected chi connectivity index (χ3v) is 5.01. The van der Waals surface area contributed by atoms with Crippen LogP contribution in [-0.4, -0.2) is 15.6 Å². The summed E-state index contributed by atoms with van der Waals surface area (Å²) < 4.78 is 14.4. The van der Waals surface area contributed by atoms with Gasteiger partial charge in [0, 0.05) is 11.1 Å². The Bertz CT molecular complexity index is 1300. The van der Waals surface area contributed by atoms with Gasteiger partial charge in [0.1, 0.15) is 5.82 Å². The minimum Gasteiger partial charge on any atom is -0.267 e. The minimum atomic E-state index is -0.578. The smallest absolute Gasteiger partial charge is 0.267 e. The molecule has 3 aromatic carbocycles. The first-order valence-corrected chi connectivity index (χ1v) is 9.24. The number of nitrogens with one attached hydrogen (secondary N) is 1. The molecule has 1 heterocycles. The molecule has 1 amide bonds. The van der Waals surface area contributed by atoms with Gasteiger partial charge in [-0.05, 0) is 54.6 Å². The van der Waals surface area contributed by atoms with Gasteiger partial charge in [0.05, 0.1) is 20.9 Å². The Morgan fingerprint density at radius 2 is 1.69 bits per heavy atom. The van der Waals surface area contributed by atoms with Crippen molar-refractivity contribution in [3.63, 3.8) is 0 Å². The fourth-order valence-corrected chi connectivity index (χ4v) is 3.13. The Kier molecular flexibility index (Phi) is 5.05. The van der Waals surface area contributed by atoms with Crippen LogP contribution < -0.4 is 11.0 Å². The molecule has 0 radical (unpaired) electrons. The standard InChI is InChI=1S/C21H12Cl2FN3O2/c22-16-10-7-13(11-17(16)23)20(28)26-27-19(12-5-8-14(24)9-6-12)25-18-4-2-1-3-15(18)21(27)29/h1-11H,(H,26,28). The Balaban J connectivity index is 1.87. The van der Waals surface area contributed by atoms with E-state index in [1.807, 2.05) is 0 Å². The summed E-state index contributed by atoms with van der Waals surface area (Å²) in [6, 6.07) is 16.6. The average molecular weight is 428 g/mol. The number of benzene rings is 3. The molecule has 0 aliphatic carbocycles. The lowest BCUT2D eigenvalue weighted by atomic mass is 10.2. The van der Waals surface area contributed by atoms with Crippen LogP contribution in [0, 0.1) is 5.82 Å². The normalized spacial score (nSPS) is 10.9. The molecule has 4 aromatic rings. The molecular weight excluding hydrogens is 416 g/mol. The first-order valence-electron chi connectivity index (χ1n) is 8.48. The highest BCUT2D eigenvalue weighted by Gasteiger charge is 2.16. The van der Waals surface area contributed by atoms with E-state index in [1.54, 1.807) is 24.3 Å². The SMILES string of the molecule is O=C(Nn1c(-c2ccc(F)cc2)nc2ccccc2c1=O)c1ccc(Cl)c(Cl)c1. The number of carbonyl (C=O) groups excluding carboxylic acids is 1. The maximum absolute atomic E-state index is 13.4. The number of amides is 1. The Morgan fingerprint density at radius 3 is 2.41 bits per heavy atom. The molecule has 0 bridgehead atoms. The van der Waals surface area contributed by atoms with Gasteiger partial charge in [0.2, 0.25) is 0 Å². The summed E-state index contributed by atoms with van der Waals surface area (Å²) in [6.07, 6.45) is 0. The molecule has 144 valence electrons. The predicted octanol–water partition coefficient (Wildman–Crippen LogP) is 4.89. The number of fused-ring (bicyclic) bond motifs is 1. The van der Waals surface area contributed by atoms with Crippen LogP contribution in [0.15, 0.2) is 71.5 Å². The maximum atomic E-state index is 13.4. The lowest BCUT2D eigenvalue weighted by molar-refractivity contribution is 0.101. The number of carbonyl (C=O) groups is 1. The summed E-state index contributed by atoms with van der Waals surface area (Å²) in [6.45, 7) is 0. The van der Waals surface area contributed by atoms with Crippen molar-refractivity contribution < 1.29 is 9.18 Å². The van der Waals surface area contributed by atoms with Gasteiger partial charge in [-0.15, -0.1) is 0 Å². The second kappa shape index (κ2) is 7.66. The summed E-state index contributed by atoms with van der Waals surface area (Å²) in [5, 5.41) is 0.842. The number of hydrogen-bond acceptors (Lipinski definition) is 3. The molecule has 29 heavy (non-hydrogen) atoms. The van der Waals surface area contributed by atoms with Crippen LogP contribution in [0.1, 0.15) is 10.4 Å². The monoisotopic (exact) mass is 427 g/mol. The minimum absolute atomic E-state index is 0.169. The summed E-state index contributed by atoms with van der Waals surface area (Å²) >= 11 is 11.9. The molecule has 5 nitrogen and oxygen atoms in total. The van der Waals surface area contributed by atoms with E-state index in [2.05, 4.69) is 10.4 Å². The van der Waals surface area contributed by atoms with E-state index in [-0.39, 0.29) is 16.4 Å². The van der Waals surface area contributed by atoms with E-state index in [4.69, 9.17) is 23.2 Å². The lowest BCUT2D eigenvalue weighted by Gasteiger charge is -2.15. The molecule has 0 aliphatic rings. The fraction of sp³-hybridized carbons (Fsp3) is 0. The molecular formula is C21H12Cl2FN3O2. The zero-order valence-corrected chi connectivity index (χ0v) is 16.2. The third kappa shape index (κ3) is 3.72. The zero-order chi connectivity index (χ0) is 20.5. The largest absolute Gasteiger partial charge is 0.280 e. The maximum Gasteiger partial charge on any atom is 0.280 e. The molecule has 1 aromatic heterocycles. The molecule has 4 rings (SSSR count). The van der Waals surface area contributed by atoms with Gasteiger partial charge in [-0.2, -0.15) is 4.68 Å². The predicted molar refractivity (Wildman–Crippen MR) is 112 cm³/mol. The van der Waals surface area contributed by atoms with E-state index in [0.29, 0.717) is 21.5 Å². The summed E-state index contributed by atoms with van der Waals surface area (Å²) in [7, 11) is 0. The molecule has 0 unspecified atom stereocenters. The topological polar surface area (TPSA) is 64.0 Å². The van der Waals surface area contributed by atoms with Crippen LogP contribution in [0.5, 0.6) is 0 Å². The van der Waals surface area contributed by atoms with Gasteiger partial charge in [0.15, 0.2) is 5.82 Å². The second-order valence-corrected chi connectivity index (χ2v) is 6.98. The van der Waals surface area contributed by atoms with Gasteiger partial charge in [0.25, 0.3) is 11.5 Å². The van der Waals surface area contributed by atoms with Crippen LogP contribution in [-0.2, 0) is 0 Å². The number of hydrogen-bond donors (Lipinski definition) is 1. The first kappa shape index (κ1) is 19.1. The molecule has 0 saturated carbocycles. The molecule has 8 heteroatoms. The van der Waals surface area contributed by atoms with Crippen molar-refractivity contribution in [2.75, 3.05) is 5.43 Å². The second-order valence-electron chi connectivity index (χ2n) is 6.17.